The molecule has 0 aliphatic carbocycles. The van der Waals surface area contributed by atoms with Gasteiger partial charge in [0, 0.05) is 37.1 Å². The third-order valence-corrected chi connectivity index (χ3v) is 3.66. The molecule has 0 radical (unpaired) electrons. The summed E-state index contributed by atoms with van der Waals surface area (Å²) >= 11 is 5.98. The molecule has 0 aliphatic rings. The van der Waals surface area contributed by atoms with Crippen molar-refractivity contribution in [2.75, 3.05) is 20.1 Å². The lowest BCUT2D eigenvalue weighted by Gasteiger charge is -2.11. The van der Waals surface area contributed by atoms with Crippen molar-refractivity contribution in [2.45, 2.75) is 26.7 Å². The first-order valence-corrected chi connectivity index (χ1v) is 8.49. The van der Waals surface area contributed by atoms with Crippen molar-refractivity contribution in [3.63, 3.8) is 0 Å². The van der Waals surface area contributed by atoms with Crippen LogP contribution in [0.25, 0.3) is 11.4 Å². The van der Waals surface area contributed by atoms with E-state index in [2.05, 4.69) is 39.6 Å². The number of nitrogens with zero attached hydrogens (tertiary/aromatic N) is 3. The van der Waals surface area contributed by atoms with E-state index in [-0.39, 0.29) is 24.0 Å². The molecule has 1 aromatic carbocycles. The minimum atomic E-state index is 0. The molecule has 0 fully saturated rings. The van der Waals surface area contributed by atoms with Crippen LogP contribution in [-0.4, -0.2) is 36.2 Å². The summed E-state index contributed by atoms with van der Waals surface area (Å²) in [6, 6.07) is 7.39. The van der Waals surface area contributed by atoms with Gasteiger partial charge in [0.05, 0.1) is 0 Å². The molecule has 25 heavy (non-hydrogen) atoms. The maximum atomic E-state index is 5.98. The molecular formula is C17H25ClIN5O. The quantitative estimate of drug-likeness (QED) is 0.361. The van der Waals surface area contributed by atoms with E-state index in [1.165, 1.54) is 0 Å². The average molecular weight is 478 g/mol. The fraction of sp³-hybridized carbons (Fsp3) is 0.471. The Hall–Kier alpha value is -1.35. The zero-order valence-corrected chi connectivity index (χ0v) is 17.8. The third kappa shape index (κ3) is 7.60. The SMILES string of the molecule is CN=C(NCCc1nc(-c2cccc(Cl)c2)no1)NCCC(C)C.I. The normalized spacial score (nSPS) is 11.3. The van der Waals surface area contributed by atoms with Crippen molar-refractivity contribution in [2.24, 2.45) is 10.9 Å². The molecule has 0 aliphatic heterocycles. The van der Waals surface area contributed by atoms with Crippen molar-refractivity contribution in [3.05, 3.63) is 35.2 Å². The van der Waals surface area contributed by atoms with Gasteiger partial charge in [0.25, 0.3) is 0 Å². The van der Waals surface area contributed by atoms with Gasteiger partial charge < -0.3 is 15.2 Å². The lowest BCUT2D eigenvalue weighted by Crippen LogP contribution is -2.39. The molecule has 0 bridgehead atoms. The van der Waals surface area contributed by atoms with Crippen LogP contribution in [-0.2, 0) is 6.42 Å². The van der Waals surface area contributed by atoms with Crippen LogP contribution in [0.5, 0.6) is 0 Å². The molecule has 0 spiro atoms. The second kappa shape index (κ2) is 11.3. The summed E-state index contributed by atoms with van der Waals surface area (Å²) in [5, 5.41) is 11.2. The Morgan fingerprint density at radius 1 is 1.28 bits per heavy atom. The van der Waals surface area contributed by atoms with Gasteiger partial charge in [-0.2, -0.15) is 4.98 Å². The minimum absolute atomic E-state index is 0. The van der Waals surface area contributed by atoms with Gasteiger partial charge in [-0.15, -0.1) is 24.0 Å². The average Bonchev–Trinajstić information content (AvgIpc) is 3.02. The first-order valence-electron chi connectivity index (χ1n) is 8.11. The van der Waals surface area contributed by atoms with Crippen molar-refractivity contribution in [1.82, 2.24) is 20.8 Å². The highest BCUT2D eigenvalue weighted by Gasteiger charge is 2.09. The Balaban J connectivity index is 0.00000312. The number of aliphatic imine (C=N–C) groups is 1. The molecule has 0 amide bonds. The van der Waals surface area contributed by atoms with Crippen LogP contribution in [0.1, 0.15) is 26.2 Å². The Kier molecular flexibility index (Phi) is 9.81. The van der Waals surface area contributed by atoms with Crippen molar-refractivity contribution >= 4 is 41.5 Å². The Bertz CT molecular complexity index is 675. The van der Waals surface area contributed by atoms with E-state index in [4.69, 9.17) is 16.1 Å². The van der Waals surface area contributed by atoms with E-state index < -0.39 is 0 Å². The number of nitrogens with one attached hydrogen (secondary N) is 2. The molecule has 0 atom stereocenters. The van der Waals surface area contributed by atoms with Gasteiger partial charge in [-0.3, -0.25) is 4.99 Å². The minimum Gasteiger partial charge on any atom is -0.356 e. The van der Waals surface area contributed by atoms with Gasteiger partial charge in [-0.25, -0.2) is 0 Å². The molecule has 8 heteroatoms. The van der Waals surface area contributed by atoms with Crippen LogP contribution in [0.4, 0.5) is 0 Å². The van der Waals surface area contributed by atoms with E-state index in [0.717, 1.165) is 24.5 Å². The molecule has 1 aromatic heterocycles. The van der Waals surface area contributed by atoms with Crippen LogP contribution < -0.4 is 10.6 Å². The molecule has 2 aromatic rings. The first kappa shape index (κ1) is 21.7. The fourth-order valence-electron chi connectivity index (χ4n) is 2.09. The molecule has 0 saturated carbocycles. The molecule has 0 saturated heterocycles. The molecule has 2 N–H and O–H groups in total. The van der Waals surface area contributed by atoms with Crippen LogP contribution in [0.2, 0.25) is 5.02 Å². The second-order valence-corrected chi connectivity index (χ2v) is 6.32. The van der Waals surface area contributed by atoms with E-state index in [0.29, 0.717) is 35.6 Å². The Morgan fingerprint density at radius 3 is 2.72 bits per heavy atom. The van der Waals surface area contributed by atoms with Gasteiger partial charge in [0.2, 0.25) is 11.7 Å². The number of halogens is 2. The van der Waals surface area contributed by atoms with Crippen molar-refractivity contribution in [3.8, 4) is 11.4 Å². The van der Waals surface area contributed by atoms with Crippen LogP contribution >= 0.6 is 35.6 Å². The number of aromatic nitrogens is 2. The van der Waals surface area contributed by atoms with Crippen LogP contribution in [0, 0.1) is 5.92 Å². The second-order valence-electron chi connectivity index (χ2n) is 5.88. The van der Waals surface area contributed by atoms with Gasteiger partial charge in [0.15, 0.2) is 5.96 Å². The molecule has 138 valence electrons. The number of benzene rings is 1. The number of rotatable bonds is 7. The van der Waals surface area contributed by atoms with Crippen LogP contribution in [0.3, 0.4) is 0 Å². The van der Waals surface area contributed by atoms with Crippen molar-refractivity contribution < 1.29 is 4.52 Å². The smallest absolute Gasteiger partial charge is 0.228 e. The summed E-state index contributed by atoms with van der Waals surface area (Å²) in [4.78, 5) is 8.58. The van der Waals surface area contributed by atoms with Gasteiger partial charge >= 0.3 is 0 Å². The standard InChI is InChI=1S/C17H24ClN5O.HI/c1-12(2)7-9-20-17(19-3)21-10-8-15-22-16(23-24-15)13-5-4-6-14(18)11-13;/h4-6,11-12H,7-10H2,1-3H3,(H2,19,20,21);1H. The molecule has 2 rings (SSSR count). The predicted molar refractivity (Wildman–Crippen MR) is 113 cm³/mol. The molecule has 0 unspecified atom stereocenters. The van der Waals surface area contributed by atoms with Gasteiger partial charge in [-0.1, -0.05) is 42.7 Å². The van der Waals surface area contributed by atoms with Gasteiger partial charge in [0.1, 0.15) is 0 Å². The number of guanidine groups is 1. The lowest BCUT2D eigenvalue weighted by atomic mass is 10.1. The fourth-order valence-corrected chi connectivity index (χ4v) is 2.28. The summed E-state index contributed by atoms with van der Waals surface area (Å²) in [5.41, 5.74) is 0.844. The highest BCUT2D eigenvalue weighted by Crippen LogP contribution is 2.19. The summed E-state index contributed by atoms with van der Waals surface area (Å²) in [5.74, 6) is 2.58. The summed E-state index contributed by atoms with van der Waals surface area (Å²) in [6.07, 6.45) is 1.73. The Morgan fingerprint density at radius 2 is 2.04 bits per heavy atom. The van der Waals surface area contributed by atoms with E-state index in [9.17, 15) is 0 Å². The highest BCUT2D eigenvalue weighted by molar-refractivity contribution is 14.0. The van der Waals surface area contributed by atoms with Gasteiger partial charge in [-0.05, 0) is 24.5 Å². The summed E-state index contributed by atoms with van der Waals surface area (Å²) in [7, 11) is 1.76. The zero-order valence-electron chi connectivity index (χ0n) is 14.8. The third-order valence-electron chi connectivity index (χ3n) is 3.42. The largest absolute Gasteiger partial charge is 0.356 e. The summed E-state index contributed by atoms with van der Waals surface area (Å²) in [6.45, 7) is 5.96. The van der Waals surface area contributed by atoms with E-state index in [1.807, 2.05) is 24.3 Å². The first-order chi connectivity index (χ1) is 11.6. The maximum Gasteiger partial charge on any atom is 0.228 e. The topological polar surface area (TPSA) is 75.3 Å². The number of hydrogen-bond donors (Lipinski definition) is 2. The highest BCUT2D eigenvalue weighted by atomic mass is 127. The van der Waals surface area contributed by atoms with E-state index in [1.54, 1.807) is 7.05 Å². The molecule has 1 heterocycles. The zero-order chi connectivity index (χ0) is 17.4. The molecular weight excluding hydrogens is 453 g/mol. The monoisotopic (exact) mass is 477 g/mol. The van der Waals surface area contributed by atoms with Crippen molar-refractivity contribution in [1.29, 1.82) is 0 Å². The Labute approximate surface area is 170 Å². The van der Waals surface area contributed by atoms with Crippen LogP contribution in [0.15, 0.2) is 33.8 Å². The maximum absolute atomic E-state index is 5.98. The lowest BCUT2D eigenvalue weighted by molar-refractivity contribution is 0.378. The number of hydrogen-bond acceptors (Lipinski definition) is 4. The summed E-state index contributed by atoms with van der Waals surface area (Å²) < 4.78 is 5.28. The predicted octanol–water partition coefficient (Wildman–Crippen LogP) is 3.76. The van der Waals surface area contributed by atoms with E-state index >= 15 is 0 Å². The molecule has 6 nitrogen and oxygen atoms in total.